The van der Waals surface area contributed by atoms with Crippen molar-refractivity contribution >= 4 is 0 Å². The summed E-state index contributed by atoms with van der Waals surface area (Å²) >= 11 is 0. The number of hydrogen-bond donors (Lipinski definition) is 0. The minimum absolute atomic E-state index is 0.896. The van der Waals surface area contributed by atoms with E-state index in [2.05, 4.69) is 16.7 Å². The van der Waals surface area contributed by atoms with E-state index in [1.807, 2.05) is 0 Å². The summed E-state index contributed by atoms with van der Waals surface area (Å²) in [6.07, 6.45) is 4.19. The Balaban J connectivity index is 1.82. The summed E-state index contributed by atoms with van der Waals surface area (Å²) in [5.74, 6) is 0. The van der Waals surface area contributed by atoms with E-state index in [4.69, 9.17) is 0 Å². The van der Waals surface area contributed by atoms with Crippen molar-refractivity contribution in [3.63, 3.8) is 0 Å². The topological polar surface area (TPSA) is 6.48 Å². The number of piperazine rings is 3. The summed E-state index contributed by atoms with van der Waals surface area (Å²) in [5, 5.41) is 0. The average molecular weight is 168 g/mol. The Hall–Kier alpha value is -0.0800. The van der Waals surface area contributed by atoms with Crippen molar-refractivity contribution in [1.82, 2.24) is 9.80 Å². The van der Waals surface area contributed by atoms with Crippen LogP contribution in [0.4, 0.5) is 0 Å². The lowest BCUT2D eigenvalue weighted by molar-refractivity contribution is 0.00904. The summed E-state index contributed by atoms with van der Waals surface area (Å²) in [7, 11) is 0. The van der Waals surface area contributed by atoms with Gasteiger partial charge in [0.2, 0.25) is 0 Å². The first kappa shape index (κ1) is 8.52. The predicted molar refractivity (Wildman–Crippen MR) is 51.3 cm³/mol. The maximum atomic E-state index is 2.69. The lowest BCUT2D eigenvalue weighted by atomic mass is 10.0. The third-order valence-corrected chi connectivity index (χ3v) is 3.28. The molecule has 1 unspecified atom stereocenters. The standard InChI is InChI=1S/C10H20N2/c1-2-3-4-10-9-11-5-7-12(10)8-6-11/h10H,2-9H2,1H3. The van der Waals surface area contributed by atoms with Gasteiger partial charge in [0.15, 0.2) is 0 Å². The van der Waals surface area contributed by atoms with E-state index in [1.54, 1.807) is 0 Å². The van der Waals surface area contributed by atoms with Gasteiger partial charge in [-0.1, -0.05) is 19.8 Å². The Labute approximate surface area is 75.5 Å². The highest BCUT2D eigenvalue weighted by atomic mass is 15.3. The molecule has 0 aliphatic carbocycles. The summed E-state index contributed by atoms with van der Waals surface area (Å²) in [6, 6.07) is 0.896. The Bertz CT molecular complexity index is 139. The number of rotatable bonds is 3. The van der Waals surface area contributed by atoms with Crippen molar-refractivity contribution in [1.29, 1.82) is 0 Å². The predicted octanol–water partition coefficient (Wildman–Crippen LogP) is 1.18. The van der Waals surface area contributed by atoms with Gasteiger partial charge in [0.1, 0.15) is 0 Å². The summed E-state index contributed by atoms with van der Waals surface area (Å²) in [4.78, 5) is 5.32. The van der Waals surface area contributed by atoms with Gasteiger partial charge in [-0.05, 0) is 6.42 Å². The molecule has 1 atom stereocenters. The second-order valence-electron chi connectivity index (χ2n) is 4.13. The van der Waals surface area contributed by atoms with E-state index in [0.29, 0.717) is 0 Å². The molecule has 2 bridgehead atoms. The molecule has 0 radical (unpaired) electrons. The summed E-state index contributed by atoms with van der Waals surface area (Å²) < 4.78 is 0. The third kappa shape index (κ3) is 1.64. The van der Waals surface area contributed by atoms with E-state index < -0.39 is 0 Å². The van der Waals surface area contributed by atoms with Crippen molar-refractivity contribution in [3.8, 4) is 0 Å². The van der Waals surface area contributed by atoms with E-state index in [1.165, 1.54) is 52.0 Å². The SMILES string of the molecule is CCCCC1CN2CCN1CC2. The quantitative estimate of drug-likeness (QED) is 0.624. The number of hydrogen-bond acceptors (Lipinski definition) is 2. The van der Waals surface area contributed by atoms with Crippen LogP contribution >= 0.6 is 0 Å². The molecule has 3 saturated heterocycles. The van der Waals surface area contributed by atoms with Gasteiger partial charge >= 0.3 is 0 Å². The Morgan fingerprint density at radius 2 is 1.92 bits per heavy atom. The minimum Gasteiger partial charge on any atom is -0.299 e. The van der Waals surface area contributed by atoms with Crippen LogP contribution < -0.4 is 0 Å². The second-order valence-corrected chi connectivity index (χ2v) is 4.13. The Morgan fingerprint density at radius 3 is 2.42 bits per heavy atom. The molecular weight excluding hydrogens is 148 g/mol. The third-order valence-electron chi connectivity index (χ3n) is 3.28. The van der Waals surface area contributed by atoms with Crippen LogP contribution in [0.1, 0.15) is 26.2 Å². The highest BCUT2D eigenvalue weighted by Crippen LogP contribution is 2.19. The van der Waals surface area contributed by atoms with Gasteiger partial charge < -0.3 is 0 Å². The fourth-order valence-electron chi connectivity index (χ4n) is 2.44. The van der Waals surface area contributed by atoms with Crippen molar-refractivity contribution < 1.29 is 0 Å². The Morgan fingerprint density at radius 1 is 1.17 bits per heavy atom. The normalized spacial score (nSPS) is 40.2. The molecule has 0 aromatic rings. The van der Waals surface area contributed by atoms with Gasteiger partial charge in [0.25, 0.3) is 0 Å². The zero-order chi connectivity index (χ0) is 8.39. The van der Waals surface area contributed by atoms with E-state index >= 15 is 0 Å². The van der Waals surface area contributed by atoms with E-state index in [0.717, 1.165) is 6.04 Å². The summed E-state index contributed by atoms with van der Waals surface area (Å²) in [6.45, 7) is 8.94. The molecule has 3 aliphatic heterocycles. The lowest BCUT2D eigenvalue weighted by Crippen LogP contribution is -2.60. The molecule has 0 amide bonds. The zero-order valence-corrected chi connectivity index (χ0v) is 8.13. The van der Waals surface area contributed by atoms with Gasteiger partial charge in [0, 0.05) is 38.8 Å². The van der Waals surface area contributed by atoms with Gasteiger partial charge in [-0.2, -0.15) is 0 Å². The van der Waals surface area contributed by atoms with Crippen LogP contribution in [-0.2, 0) is 0 Å². The van der Waals surface area contributed by atoms with Crippen LogP contribution in [0.25, 0.3) is 0 Å². The maximum Gasteiger partial charge on any atom is 0.0224 e. The lowest BCUT2D eigenvalue weighted by Gasteiger charge is -2.47. The molecule has 70 valence electrons. The second kappa shape index (κ2) is 3.75. The van der Waals surface area contributed by atoms with Gasteiger partial charge in [-0.15, -0.1) is 0 Å². The molecule has 12 heavy (non-hydrogen) atoms. The molecule has 0 saturated carbocycles. The van der Waals surface area contributed by atoms with Crippen molar-refractivity contribution in [2.24, 2.45) is 0 Å². The molecule has 2 nitrogen and oxygen atoms in total. The van der Waals surface area contributed by atoms with Gasteiger partial charge in [-0.25, -0.2) is 0 Å². The zero-order valence-electron chi connectivity index (χ0n) is 8.13. The van der Waals surface area contributed by atoms with Crippen LogP contribution in [0.3, 0.4) is 0 Å². The molecule has 0 aromatic heterocycles. The van der Waals surface area contributed by atoms with Gasteiger partial charge in [-0.3, -0.25) is 9.80 Å². The van der Waals surface area contributed by atoms with E-state index in [9.17, 15) is 0 Å². The highest BCUT2D eigenvalue weighted by molar-refractivity contribution is 4.87. The fourth-order valence-corrected chi connectivity index (χ4v) is 2.44. The molecule has 3 rings (SSSR count). The first-order chi connectivity index (χ1) is 5.90. The van der Waals surface area contributed by atoms with Crippen LogP contribution in [0, 0.1) is 0 Å². The molecule has 2 heteroatoms. The number of unbranched alkanes of at least 4 members (excludes halogenated alkanes) is 1. The van der Waals surface area contributed by atoms with Crippen molar-refractivity contribution in [2.45, 2.75) is 32.2 Å². The maximum absolute atomic E-state index is 2.69. The fraction of sp³-hybridized carbons (Fsp3) is 1.00. The van der Waals surface area contributed by atoms with Crippen LogP contribution in [0.5, 0.6) is 0 Å². The smallest absolute Gasteiger partial charge is 0.0224 e. The van der Waals surface area contributed by atoms with Gasteiger partial charge in [0.05, 0.1) is 0 Å². The number of nitrogens with zero attached hydrogens (tertiary/aromatic N) is 2. The van der Waals surface area contributed by atoms with Crippen LogP contribution in [-0.4, -0.2) is 48.6 Å². The number of fused-ring (bicyclic) bond motifs is 3. The molecule has 3 fully saturated rings. The molecule has 0 N–H and O–H groups in total. The first-order valence-electron chi connectivity index (χ1n) is 5.36. The molecule has 3 aliphatic rings. The molecule has 3 heterocycles. The van der Waals surface area contributed by atoms with Crippen molar-refractivity contribution in [3.05, 3.63) is 0 Å². The van der Waals surface area contributed by atoms with E-state index in [-0.39, 0.29) is 0 Å². The molecule has 0 aromatic carbocycles. The van der Waals surface area contributed by atoms with Crippen LogP contribution in [0.2, 0.25) is 0 Å². The average Bonchev–Trinajstić information content (AvgIpc) is 2.17. The molecular formula is C10H20N2. The summed E-state index contributed by atoms with van der Waals surface area (Å²) in [5.41, 5.74) is 0. The molecule has 0 spiro atoms. The largest absolute Gasteiger partial charge is 0.299 e. The monoisotopic (exact) mass is 168 g/mol. The van der Waals surface area contributed by atoms with Crippen molar-refractivity contribution in [2.75, 3.05) is 32.7 Å². The minimum atomic E-state index is 0.896. The highest BCUT2D eigenvalue weighted by Gasteiger charge is 2.30. The first-order valence-corrected chi connectivity index (χ1v) is 5.36. The van der Waals surface area contributed by atoms with Crippen LogP contribution in [0.15, 0.2) is 0 Å². The Kier molecular flexibility index (Phi) is 2.66.